The second-order valence-electron chi connectivity index (χ2n) is 2.97. The average molecular weight is 197 g/mol. The number of hydrogen-bond acceptors (Lipinski definition) is 5. The molecule has 1 rings (SSSR count). The Balaban J connectivity index is 2.50. The summed E-state index contributed by atoms with van der Waals surface area (Å²) in [6, 6.07) is 1.82. The normalized spacial score (nSPS) is 12.5. The van der Waals surface area contributed by atoms with Crippen molar-refractivity contribution in [1.82, 2.24) is 9.97 Å². The fraction of sp³-hybridized carbons (Fsp3) is 0.556. The van der Waals surface area contributed by atoms with E-state index < -0.39 is 6.10 Å². The fourth-order valence-corrected chi connectivity index (χ4v) is 0.975. The van der Waals surface area contributed by atoms with Gasteiger partial charge in [0.25, 0.3) is 0 Å². The minimum atomic E-state index is -0.755. The first-order valence-electron chi connectivity index (χ1n) is 4.60. The first-order valence-corrected chi connectivity index (χ1v) is 4.60. The Morgan fingerprint density at radius 2 is 2.29 bits per heavy atom. The molecule has 0 spiro atoms. The van der Waals surface area contributed by atoms with Crippen molar-refractivity contribution in [2.24, 2.45) is 0 Å². The number of anilines is 1. The van der Waals surface area contributed by atoms with Crippen molar-refractivity contribution in [1.29, 1.82) is 0 Å². The predicted molar refractivity (Wildman–Crippen MR) is 53.0 cm³/mol. The van der Waals surface area contributed by atoms with Crippen LogP contribution >= 0.6 is 0 Å². The van der Waals surface area contributed by atoms with E-state index in [-0.39, 0.29) is 13.2 Å². The van der Waals surface area contributed by atoms with Crippen molar-refractivity contribution in [3.8, 4) is 0 Å². The van der Waals surface area contributed by atoms with Gasteiger partial charge in [-0.05, 0) is 6.42 Å². The number of aliphatic hydroxyl groups excluding tert-OH is 2. The molecule has 0 saturated heterocycles. The van der Waals surface area contributed by atoms with Crippen LogP contribution < -0.4 is 5.32 Å². The third-order valence-corrected chi connectivity index (χ3v) is 1.82. The van der Waals surface area contributed by atoms with E-state index in [4.69, 9.17) is 10.2 Å². The second kappa shape index (κ2) is 5.51. The van der Waals surface area contributed by atoms with Crippen molar-refractivity contribution in [2.45, 2.75) is 19.4 Å². The Bertz CT molecular complexity index is 281. The van der Waals surface area contributed by atoms with Gasteiger partial charge in [-0.15, -0.1) is 0 Å². The number of aryl methyl sites for hydroxylation is 1. The molecule has 0 aromatic carbocycles. The second-order valence-corrected chi connectivity index (χ2v) is 2.97. The molecule has 0 bridgehead atoms. The topological polar surface area (TPSA) is 78.3 Å². The molecule has 5 heteroatoms. The number of nitrogens with one attached hydrogen (secondary N) is 1. The van der Waals surface area contributed by atoms with Crippen LogP contribution in [0.15, 0.2) is 12.4 Å². The standard InChI is InChI=1S/C9H15N3O2/c1-2-7-3-9(12-6-11-7)10-4-8(14)5-13/h3,6,8,13-14H,2,4-5H2,1H3,(H,10,11,12). The van der Waals surface area contributed by atoms with Crippen LogP contribution in [-0.2, 0) is 6.42 Å². The Morgan fingerprint density at radius 3 is 2.93 bits per heavy atom. The van der Waals surface area contributed by atoms with Crippen molar-refractivity contribution in [2.75, 3.05) is 18.5 Å². The molecule has 0 radical (unpaired) electrons. The van der Waals surface area contributed by atoms with E-state index in [0.717, 1.165) is 12.1 Å². The van der Waals surface area contributed by atoms with E-state index in [0.29, 0.717) is 5.82 Å². The molecule has 0 fully saturated rings. The molecule has 1 aromatic heterocycles. The zero-order valence-electron chi connectivity index (χ0n) is 8.14. The molecule has 0 amide bonds. The molecule has 3 N–H and O–H groups in total. The Morgan fingerprint density at radius 1 is 1.50 bits per heavy atom. The third kappa shape index (κ3) is 3.27. The Labute approximate surface area is 82.8 Å². The first-order chi connectivity index (χ1) is 6.76. The van der Waals surface area contributed by atoms with Crippen molar-refractivity contribution in [3.63, 3.8) is 0 Å². The highest BCUT2D eigenvalue weighted by molar-refractivity contribution is 5.34. The zero-order valence-corrected chi connectivity index (χ0v) is 8.14. The number of rotatable bonds is 5. The van der Waals surface area contributed by atoms with E-state index in [9.17, 15) is 0 Å². The molecule has 14 heavy (non-hydrogen) atoms. The minimum Gasteiger partial charge on any atom is -0.394 e. The third-order valence-electron chi connectivity index (χ3n) is 1.82. The van der Waals surface area contributed by atoms with Crippen LogP contribution in [0.2, 0.25) is 0 Å². The van der Waals surface area contributed by atoms with Crippen LogP contribution in [0.4, 0.5) is 5.82 Å². The summed E-state index contributed by atoms with van der Waals surface area (Å²) < 4.78 is 0. The van der Waals surface area contributed by atoms with Gasteiger partial charge >= 0.3 is 0 Å². The lowest BCUT2D eigenvalue weighted by Crippen LogP contribution is -2.23. The van der Waals surface area contributed by atoms with Gasteiger partial charge in [0.15, 0.2) is 0 Å². The van der Waals surface area contributed by atoms with Crippen molar-refractivity contribution < 1.29 is 10.2 Å². The van der Waals surface area contributed by atoms with E-state index in [1.807, 2.05) is 13.0 Å². The van der Waals surface area contributed by atoms with Gasteiger partial charge in [-0.3, -0.25) is 0 Å². The lowest BCUT2D eigenvalue weighted by Gasteiger charge is -2.09. The van der Waals surface area contributed by atoms with Crippen molar-refractivity contribution >= 4 is 5.82 Å². The predicted octanol–water partition coefficient (Wildman–Crippen LogP) is -0.196. The molecular formula is C9H15N3O2. The summed E-state index contributed by atoms with van der Waals surface area (Å²) in [6.07, 6.45) is 1.57. The number of hydrogen-bond donors (Lipinski definition) is 3. The summed E-state index contributed by atoms with van der Waals surface area (Å²) in [4.78, 5) is 8.02. The lowest BCUT2D eigenvalue weighted by molar-refractivity contribution is 0.105. The van der Waals surface area contributed by atoms with Crippen LogP contribution in [0, 0.1) is 0 Å². The van der Waals surface area contributed by atoms with Gasteiger partial charge in [-0.25, -0.2) is 9.97 Å². The maximum atomic E-state index is 9.09. The Hall–Kier alpha value is -1.20. The maximum absolute atomic E-state index is 9.09. The minimum absolute atomic E-state index is 0.251. The van der Waals surface area contributed by atoms with Crippen LogP contribution in [0.1, 0.15) is 12.6 Å². The largest absolute Gasteiger partial charge is 0.394 e. The quantitative estimate of drug-likeness (QED) is 0.609. The lowest BCUT2D eigenvalue weighted by atomic mass is 10.3. The molecule has 0 aliphatic heterocycles. The smallest absolute Gasteiger partial charge is 0.129 e. The monoisotopic (exact) mass is 197 g/mol. The summed E-state index contributed by atoms with van der Waals surface area (Å²) in [6.45, 7) is 2.05. The van der Waals surface area contributed by atoms with E-state index >= 15 is 0 Å². The van der Waals surface area contributed by atoms with Crippen LogP contribution in [0.25, 0.3) is 0 Å². The van der Waals surface area contributed by atoms with Gasteiger partial charge in [0.1, 0.15) is 12.1 Å². The maximum Gasteiger partial charge on any atom is 0.129 e. The van der Waals surface area contributed by atoms with Gasteiger partial charge < -0.3 is 15.5 Å². The number of aromatic nitrogens is 2. The van der Waals surface area contributed by atoms with Gasteiger partial charge in [-0.2, -0.15) is 0 Å². The molecule has 0 saturated carbocycles. The molecule has 5 nitrogen and oxygen atoms in total. The summed E-state index contributed by atoms with van der Waals surface area (Å²) in [5.41, 5.74) is 0.945. The molecule has 0 aliphatic rings. The van der Waals surface area contributed by atoms with Gasteiger partial charge in [0.2, 0.25) is 0 Å². The van der Waals surface area contributed by atoms with Crippen molar-refractivity contribution in [3.05, 3.63) is 18.1 Å². The van der Waals surface area contributed by atoms with Gasteiger partial charge in [-0.1, -0.05) is 6.92 Å². The van der Waals surface area contributed by atoms with Gasteiger partial charge in [0.05, 0.1) is 12.7 Å². The first kappa shape index (κ1) is 10.9. The van der Waals surface area contributed by atoms with Crippen LogP contribution in [0.3, 0.4) is 0 Å². The highest BCUT2D eigenvalue weighted by Crippen LogP contribution is 2.03. The summed E-state index contributed by atoms with van der Waals surface area (Å²) >= 11 is 0. The van der Waals surface area contributed by atoms with E-state index in [1.54, 1.807) is 0 Å². The summed E-state index contributed by atoms with van der Waals surface area (Å²) in [7, 11) is 0. The summed E-state index contributed by atoms with van der Waals surface area (Å²) in [5, 5.41) is 20.6. The highest BCUT2D eigenvalue weighted by Gasteiger charge is 2.02. The van der Waals surface area contributed by atoms with Crippen LogP contribution in [-0.4, -0.2) is 39.4 Å². The Kier molecular flexibility index (Phi) is 4.28. The van der Waals surface area contributed by atoms with E-state index in [2.05, 4.69) is 15.3 Å². The van der Waals surface area contributed by atoms with E-state index in [1.165, 1.54) is 6.33 Å². The molecule has 78 valence electrons. The molecule has 0 aliphatic carbocycles. The number of aliphatic hydroxyl groups is 2. The molecular weight excluding hydrogens is 182 g/mol. The molecule has 1 unspecified atom stereocenters. The molecule has 1 heterocycles. The molecule has 1 aromatic rings. The molecule has 1 atom stereocenters. The summed E-state index contributed by atoms with van der Waals surface area (Å²) in [5.74, 6) is 0.671. The highest BCUT2D eigenvalue weighted by atomic mass is 16.3. The zero-order chi connectivity index (χ0) is 10.4. The van der Waals surface area contributed by atoms with Crippen LogP contribution in [0.5, 0.6) is 0 Å². The number of nitrogens with zero attached hydrogens (tertiary/aromatic N) is 2. The fourth-order valence-electron chi connectivity index (χ4n) is 0.975. The SMILES string of the molecule is CCc1cc(NCC(O)CO)ncn1. The average Bonchev–Trinajstić information content (AvgIpc) is 2.26. The van der Waals surface area contributed by atoms with Gasteiger partial charge in [0, 0.05) is 18.3 Å².